The Bertz CT molecular complexity index is 2600. The maximum atomic E-state index is 6.81. The van der Waals surface area contributed by atoms with Gasteiger partial charge in [0.2, 0.25) is 0 Å². The molecule has 52 heavy (non-hydrogen) atoms. The number of allylic oxidation sites excluding steroid dienone is 3. The summed E-state index contributed by atoms with van der Waals surface area (Å²) in [6, 6.07) is 39.8. The van der Waals surface area contributed by atoms with E-state index in [-0.39, 0.29) is 5.92 Å². The van der Waals surface area contributed by atoms with Crippen LogP contribution in [0, 0.1) is 5.92 Å². The van der Waals surface area contributed by atoms with Gasteiger partial charge in [-0.2, -0.15) is 0 Å². The van der Waals surface area contributed by atoms with Gasteiger partial charge in [-0.1, -0.05) is 128 Å². The van der Waals surface area contributed by atoms with Crippen molar-refractivity contribution in [3.05, 3.63) is 163 Å². The van der Waals surface area contributed by atoms with Gasteiger partial charge < -0.3 is 9.15 Å². The molecule has 0 bridgehead atoms. The molecule has 2 aliphatic carbocycles. The van der Waals surface area contributed by atoms with E-state index in [1.165, 1.54) is 0 Å². The fourth-order valence-corrected chi connectivity index (χ4v) is 8.00. The fraction of sp³-hybridized carbons (Fsp3) is 0.128. The number of rotatable bonds is 5. The van der Waals surface area contributed by atoms with Gasteiger partial charge in [0.05, 0.1) is 0 Å². The highest BCUT2D eigenvalue weighted by Crippen LogP contribution is 2.53. The van der Waals surface area contributed by atoms with Crippen LogP contribution in [0.5, 0.6) is 5.75 Å². The third-order valence-electron chi connectivity index (χ3n) is 10.6. The van der Waals surface area contributed by atoms with E-state index in [9.17, 15) is 0 Å². The molecule has 5 heteroatoms. The van der Waals surface area contributed by atoms with Gasteiger partial charge in [0.15, 0.2) is 17.5 Å². The monoisotopic (exact) mass is 673 g/mol. The molecule has 7 aromatic rings. The summed E-state index contributed by atoms with van der Waals surface area (Å²) in [5.74, 6) is 4.05. The number of benzene rings is 5. The number of aromatic nitrogens is 3. The quantitative estimate of drug-likeness (QED) is 0.182. The summed E-state index contributed by atoms with van der Waals surface area (Å²) in [6.45, 7) is 4.38. The van der Waals surface area contributed by atoms with Gasteiger partial charge in [-0.05, 0) is 65.4 Å². The van der Waals surface area contributed by atoms with Crippen LogP contribution in [0.2, 0.25) is 0 Å². The Kier molecular flexibility index (Phi) is 6.97. The molecule has 5 aromatic carbocycles. The van der Waals surface area contributed by atoms with Crippen molar-refractivity contribution in [3.63, 3.8) is 0 Å². The number of hydrogen-bond acceptors (Lipinski definition) is 5. The Balaban J connectivity index is 1.27. The zero-order valence-corrected chi connectivity index (χ0v) is 29.0. The van der Waals surface area contributed by atoms with Gasteiger partial charge in [-0.15, -0.1) is 0 Å². The van der Waals surface area contributed by atoms with E-state index in [1.54, 1.807) is 0 Å². The molecule has 5 nitrogen and oxygen atoms in total. The predicted molar refractivity (Wildman–Crippen MR) is 209 cm³/mol. The number of fused-ring (bicyclic) bond motifs is 6. The van der Waals surface area contributed by atoms with E-state index in [4.69, 9.17) is 24.1 Å². The molecule has 3 atom stereocenters. The predicted octanol–water partition coefficient (Wildman–Crippen LogP) is 11.5. The SMILES string of the molecule is CC1C=Cc2c(oc3cc(-c4ccccc4)cc(-c4nc(-c5ccccc5)nc(-c5cc(-c6ccccc6)cc6c5C5C=CC=CC5(C)O6)n4)c23)C1. The third-order valence-corrected chi connectivity index (χ3v) is 10.6. The van der Waals surface area contributed by atoms with Crippen LogP contribution < -0.4 is 4.74 Å². The maximum absolute atomic E-state index is 6.81. The fourth-order valence-electron chi connectivity index (χ4n) is 8.00. The molecule has 0 radical (unpaired) electrons. The highest BCUT2D eigenvalue weighted by molar-refractivity contribution is 6.02. The minimum atomic E-state index is -0.519. The smallest absolute Gasteiger partial charge is 0.164 e. The van der Waals surface area contributed by atoms with Crippen LogP contribution in [0.25, 0.3) is 73.5 Å². The van der Waals surface area contributed by atoms with Crippen molar-refractivity contribution >= 4 is 17.0 Å². The zero-order chi connectivity index (χ0) is 34.8. The first-order valence-electron chi connectivity index (χ1n) is 17.9. The van der Waals surface area contributed by atoms with Crippen LogP contribution >= 0.6 is 0 Å². The maximum Gasteiger partial charge on any atom is 0.164 e. The van der Waals surface area contributed by atoms with Gasteiger partial charge in [-0.3, -0.25) is 0 Å². The minimum Gasteiger partial charge on any atom is -0.482 e. The van der Waals surface area contributed by atoms with Crippen LogP contribution in [-0.2, 0) is 6.42 Å². The van der Waals surface area contributed by atoms with Crippen LogP contribution in [0.4, 0.5) is 0 Å². The average molecular weight is 674 g/mol. The second-order valence-electron chi connectivity index (χ2n) is 14.2. The highest BCUT2D eigenvalue weighted by atomic mass is 16.5. The van der Waals surface area contributed by atoms with Crippen LogP contribution in [0.3, 0.4) is 0 Å². The highest BCUT2D eigenvalue weighted by Gasteiger charge is 2.44. The minimum absolute atomic E-state index is 0.00570. The molecule has 3 heterocycles. The summed E-state index contributed by atoms with van der Waals surface area (Å²) in [6.07, 6.45) is 13.9. The van der Waals surface area contributed by atoms with E-state index in [0.29, 0.717) is 23.4 Å². The lowest BCUT2D eigenvalue weighted by Crippen LogP contribution is -2.32. The van der Waals surface area contributed by atoms with Crippen molar-refractivity contribution < 1.29 is 9.15 Å². The second-order valence-corrected chi connectivity index (χ2v) is 14.2. The molecule has 3 aliphatic rings. The van der Waals surface area contributed by atoms with Crippen LogP contribution in [0.1, 0.15) is 36.7 Å². The van der Waals surface area contributed by atoms with Gasteiger partial charge in [0.25, 0.3) is 0 Å². The van der Waals surface area contributed by atoms with Crippen molar-refractivity contribution in [2.45, 2.75) is 31.8 Å². The molecule has 250 valence electrons. The van der Waals surface area contributed by atoms with Gasteiger partial charge in [-0.25, -0.2) is 15.0 Å². The summed E-state index contributed by atoms with van der Waals surface area (Å²) in [4.78, 5) is 15.9. The summed E-state index contributed by atoms with van der Waals surface area (Å²) >= 11 is 0. The Hall–Kier alpha value is -6.33. The molecular formula is C47H35N3O2. The Morgan fingerprint density at radius 3 is 1.96 bits per heavy atom. The second kappa shape index (κ2) is 11.9. The molecule has 0 spiro atoms. The lowest BCUT2D eigenvalue weighted by molar-refractivity contribution is 0.155. The largest absolute Gasteiger partial charge is 0.482 e. The third kappa shape index (κ3) is 5.03. The van der Waals surface area contributed by atoms with E-state index in [2.05, 4.69) is 135 Å². The summed E-state index contributed by atoms with van der Waals surface area (Å²) in [5, 5.41) is 1.02. The van der Waals surface area contributed by atoms with Crippen molar-refractivity contribution in [1.29, 1.82) is 0 Å². The Morgan fingerprint density at radius 1 is 0.635 bits per heavy atom. The van der Waals surface area contributed by atoms with Crippen LogP contribution in [0.15, 0.2) is 150 Å². The molecule has 0 fully saturated rings. The summed E-state index contributed by atoms with van der Waals surface area (Å²) in [7, 11) is 0. The van der Waals surface area contributed by atoms with E-state index < -0.39 is 5.60 Å². The molecule has 2 aromatic heterocycles. The summed E-state index contributed by atoms with van der Waals surface area (Å²) < 4.78 is 13.5. The first kappa shape index (κ1) is 30.5. The number of hydrogen-bond donors (Lipinski definition) is 0. The molecule has 1 aliphatic heterocycles. The van der Waals surface area contributed by atoms with Gasteiger partial charge >= 0.3 is 0 Å². The molecular weight excluding hydrogens is 639 g/mol. The first-order valence-corrected chi connectivity index (χ1v) is 17.9. The lowest BCUT2D eigenvalue weighted by Gasteiger charge is -2.27. The summed E-state index contributed by atoms with van der Waals surface area (Å²) in [5.41, 5.74) is 9.56. The molecule has 3 unspecified atom stereocenters. The Labute approximate surface area is 302 Å². The number of furan rings is 1. The van der Waals surface area contributed by atoms with Crippen molar-refractivity contribution in [1.82, 2.24) is 15.0 Å². The van der Waals surface area contributed by atoms with E-state index in [0.717, 1.165) is 79.0 Å². The molecule has 0 saturated heterocycles. The average Bonchev–Trinajstić information content (AvgIpc) is 3.71. The topological polar surface area (TPSA) is 61.0 Å². The van der Waals surface area contributed by atoms with Gasteiger partial charge in [0.1, 0.15) is 22.7 Å². The molecule has 0 amide bonds. The van der Waals surface area contributed by atoms with Crippen LogP contribution in [-0.4, -0.2) is 20.6 Å². The Morgan fingerprint density at radius 2 is 1.25 bits per heavy atom. The van der Waals surface area contributed by atoms with E-state index in [1.807, 2.05) is 30.3 Å². The molecule has 10 rings (SSSR count). The number of nitrogens with zero attached hydrogens (tertiary/aromatic N) is 3. The normalized spacial score (nSPS) is 19.7. The van der Waals surface area contributed by atoms with E-state index >= 15 is 0 Å². The molecule has 0 saturated carbocycles. The van der Waals surface area contributed by atoms with Crippen molar-refractivity contribution in [2.24, 2.45) is 5.92 Å². The zero-order valence-electron chi connectivity index (χ0n) is 29.0. The number of ether oxygens (including phenoxy) is 1. The first-order chi connectivity index (χ1) is 25.5. The van der Waals surface area contributed by atoms with Gasteiger partial charge in [0, 0.05) is 45.5 Å². The van der Waals surface area contributed by atoms with Crippen molar-refractivity contribution in [2.75, 3.05) is 0 Å². The molecule has 0 N–H and O–H groups in total. The standard InChI is InChI=1S/C47H35N3O2/c1-29-21-22-35-39(24-29)51-40-27-33(30-14-6-3-7-15-30)25-36(42(35)40)45-48-44(32-18-10-5-11-19-32)49-46(50-45)37-26-34(31-16-8-4-9-17-31)28-41-43(37)38-20-12-13-23-47(38,2)52-41/h3-23,25-29,38H,24H2,1-2H3. The van der Waals surface area contributed by atoms with Crippen molar-refractivity contribution in [3.8, 4) is 62.2 Å². The lowest BCUT2D eigenvalue weighted by atomic mass is 9.80.